The molecule has 60 valence electrons. The third-order valence-electron chi connectivity index (χ3n) is 1.70. The normalized spacial score (nSPS) is 26.7. The van der Waals surface area contributed by atoms with Crippen molar-refractivity contribution in [2.45, 2.75) is 25.4 Å². The van der Waals surface area contributed by atoms with Gasteiger partial charge < -0.3 is 15.2 Å². The molecule has 1 unspecified atom stereocenters. The maximum absolute atomic E-state index is 5.40. The first-order valence-electron chi connectivity index (χ1n) is 3.83. The summed E-state index contributed by atoms with van der Waals surface area (Å²) in [7, 11) is 0. The van der Waals surface area contributed by atoms with Crippen LogP contribution in [-0.2, 0) is 9.47 Å². The standard InChI is InChI=1S/C7H15NO2/c8-6-9-5-7-3-1-2-4-10-7/h7H,1-6,8H2. The summed E-state index contributed by atoms with van der Waals surface area (Å²) in [5, 5.41) is 0. The van der Waals surface area contributed by atoms with Crippen LogP contribution >= 0.6 is 0 Å². The Bertz CT molecular complexity index is 81.7. The third-order valence-corrected chi connectivity index (χ3v) is 1.70. The fourth-order valence-electron chi connectivity index (χ4n) is 1.14. The molecule has 1 rings (SSSR count). The molecule has 1 atom stereocenters. The van der Waals surface area contributed by atoms with Gasteiger partial charge in [0.15, 0.2) is 0 Å². The Labute approximate surface area is 61.5 Å². The fraction of sp³-hybridized carbons (Fsp3) is 1.00. The molecule has 0 aromatic rings. The maximum Gasteiger partial charge on any atom is 0.0941 e. The van der Waals surface area contributed by atoms with E-state index in [4.69, 9.17) is 15.2 Å². The van der Waals surface area contributed by atoms with Gasteiger partial charge in [-0.15, -0.1) is 0 Å². The number of hydrogen-bond donors (Lipinski definition) is 1. The molecule has 2 N–H and O–H groups in total. The molecule has 1 aliphatic rings. The molecule has 3 nitrogen and oxygen atoms in total. The molecule has 0 spiro atoms. The number of nitrogens with two attached hydrogens (primary N) is 1. The fourth-order valence-corrected chi connectivity index (χ4v) is 1.14. The first-order valence-corrected chi connectivity index (χ1v) is 3.83. The van der Waals surface area contributed by atoms with Crippen molar-refractivity contribution in [3.05, 3.63) is 0 Å². The van der Waals surface area contributed by atoms with E-state index in [0.717, 1.165) is 13.0 Å². The second kappa shape index (κ2) is 4.66. The van der Waals surface area contributed by atoms with Crippen LogP contribution in [-0.4, -0.2) is 26.0 Å². The SMILES string of the molecule is NCOCC1CCCCO1. The van der Waals surface area contributed by atoms with Gasteiger partial charge in [-0.05, 0) is 19.3 Å². The molecule has 1 aliphatic heterocycles. The van der Waals surface area contributed by atoms with E-state index in [-0.39, 0.29) is 0 Å². The highest BCUT2D eigenvalue weighted by Gasteiger charge is 2.12. The Kier molecular flexibility index (Phi) is 3.72. The lowest BCUT2D eigenvalue weighted by molar-refractivity contribution is -0.0394. The van der Waals surface area contributed by atoms with Gasteiger partial charge in [0.05, 0.1) is 19.4 Å². The van der Waals surface area contributed by atoms with Gasteiger partial charge in [-0.25, -0.2) is 0 Å². The van der Waals surface area contributed by atoms with Gasteiger partial charge in [-0.2, -0.15) is 0 Å². The second-order valence-electron chi connectivity index (χ2n) is 2.53. The number of rotatable bonds is 3. The van der Waals surface area contributed by atoms with Crippen molar-refractivity contribution in [1.82, 2.24) is 0 Å². The third kappa shape index (κ3) is 2.64. The van der Waals surface area contributed by atoms with Crippen LogP contribution in [0.2, 0.25) is 0 Å². The summed E-state index contributed by atoms with van der Waals surface area (Å²) >= 11 is 0. The molecular weight excluding hydrogens is 130 g/mol. The zero-order chi connectivity index (χ0) is 7.23. The van der Waals surface area contributed by atoms with Gasteiger partial charge in [0.2, 0.25) is 0 Å². The van der Waals surface area contributed by atoms with Crippen molar-refractivity contribution in [1.29, 1.82) is 0 Å². The zero-order valence-electron chi connectivity index (χ0n) is 6.21. The smallest absolute Gasteiger partial charge is 0.0941 e. The molecular formula is C7H15NO2. The van der Waals surface area contributed by atoms with Crippen LogP contribution in [0.25, 0.3) is 0 Å². The second-order valence-corrected chi connectivity index (χ2v) is 2.53. The van der Waals surface area contributed by atoms with E-state index in [1.165, 1.54) is 12.8 Å². The first-order chi connectivity index (χ1) is 4.93. The summed E-state index contributed by atoms with van der Waals surface area (Å²) in [6.45, 7) is 1.86. The summed E-state index contributed by atoms with van der Waals surface area (Å²) in [5.41, 5.74) is 5.17. The Hall–Kier alpha value is -0.120. The molecule has 1 heterocycles. The lowest BCUT2D eigenvalue weighted by Gasteiger charge is -2.21. The van der Waals surface area contributed by atoms with Gasteiger partial charge in [-0.3, -0.25) is 0 Å². The monoisotopic (exact) mass is 145 g/mol. The molecule has 1 fully saturated rings. The quantitative estimate of drug-likeness (QED) is 0.588. The van der Waals surface area contributed by atoms with E-state index < -0.39 is 0 Å². The van der Waals surface area contributed by atoms with Crippen molar-refractivity contribution in [3.8, 4) is 0 Å². The topological polar surface area (TPSA) is 44.5 Å². The average molecular weight is 145 g/mol. The number of ether oxygens (including phenoxy) is 2. The largest absolute Gasteiger partial charge is 0.376 e. The van der Waals surface area contributed by atoms with Crippen LogP contribution in [0.5, 0.6) is 0 Å². The van der Waals surface area contributed by atoms with E-state index in [1.807, 2.05) is 0 Å². The summed E-state index contributed by atoms with van der Waals surface area (Å²) in [6.07, 6.45) is 3.88. The van der Waals surface area contributed by atoms with E-state index >= 15 is 0 Å². The van der Waals surface area contributed by atoms with E-state index in [1.54, 1.807) is 0 Å². The Balaban J connectivity index is 2.02. The van der Waals surface area contributed by atoms with Gasteiger partial charge in [0.1, 0.15) is 0 Å². The van der Waals surface area contributed by atoms with Crippen LogP contribution < -0.4 is 5.73 Å². The van der Waals surface area contributed by atoms with Crippen LogP contribution in [0.15, 0.2) is 0 Å². The number of hydrogen-bond acceptors (Lipinski definition) is 3. The zero-order valence-corrected chi connectivity index (χ0v) is 6.21. The van der Waals surface area contributed by atoms with Crippen molar-refractivity contribution in [3.63, 3.8) is 0 Å². The van der Waals surface area contributed by atoms with Gasteiger partial charge in [0, 0.05) is 6.61 Å². The molecule has 0 radical (unpaired) electrons. The predicted molar refractivity (Wildman–Crippen MR) is 38.6 cm³/mol. The molecule has 0 aromatic carbocycles. The molecule has 0 aromatic heterocycles. The molecule has 0 amide bonds. The maximum atomic E-state index is 5.40. The highest BCUT2D eigenvalue weighted by atomic mass is 16.5. The predicted octanol–water partition coefficient (Wildman–Crippen LogP) is 0.488. The van der Waals surface area contributed by atoms with E-state index in [0.29, 0.717) is 19.4 Å². The minimum Gasteiger partial charge on any atom is -0.376 e. The van der Waals surface area contributed by atoms with Crippen LogP contribution in [0.3, 0.4) is 0 Å². The molecule has 0 saturated carbocycles. The van der Waals surface area contributed by atoms with Gasteiger partial charge in [-0.1, -0.05) is 0 Å². The molecule has 0 aliphatic carbocycles. The Morgan fingerprint density at radius 1 is 1.50 bits per heavy atom. The van der Waals surface area contributed by atoms with Crippen molar-refractivity contribution < 1.29 is 9.47 Å². The summed E-state index contributed by atoms with van der Waals surface area (Å²) in [6, 6.07) is 0. The van der Waals surface area contributed by atoms with Crippen LogP contribution in [0.4, 0.5) is 0 Å². The minimum atomic E-state index is 0.303. The van der Waals surface area contributed by atoms with E-state index in [9.17, 15) is 0 Å². The lowest BCUT2D eigenvalue weighted by atomic mass is 10.1. The van der Waals surface area contributed by atoms with Crippen molar-refractivity contribution in [2.75, 3.05) is 19.9 Å². The van der Waals surface area contributed by atoms with E-state index in [2.05, 4.69) is 0 Å². The molecule has 3 heteroatoms. The Morgan fingerprint density at radius 3 is 3.00 bits per heavy atom. The molecule has 1 saturated heterocycles. The highest BCUT2D eigenvalue weighted by molar-refractivity contribution is 4.61. The molecule has 10 heavy (non-hydrogen) atoms. The Morgan fingerprint density at radius 2 is 2.40 bits per heavy atom. The summed E-state index contributed by atoms with van der Waals surface area (Å²) in [4.78, 5) is 0. The van der Waals surface area contributed by atoms with Crippen molar-refractivity contribution >= 4 is 0 Å². The summed E-state index contributed by atoms with van der Waals surface area (Å²) in [5.74, 6) is 0. The van der Waals surface area contributed by atoms with Crippen LogP contribution in [0.1, 0.15) is 19.3 Å². The minimum absolute atomic E-state index is 0.303. The van der Waals surface area contributed by atoms with Crippen molar-refractivity contribution in [2.24, 2.45) is 5.73 Å². The lowest BCUT2D eigenvalue weighted by Crippen LogP contribution is -2.25. The van der Waals surface area contributed by atoms with Gasteiger partial charge in [0.25, 0.3) is 0 Å². The average Bonchev–Trinajstić information content (AvgIpc) is 2.03. The van der Waals surface area contributed by atoms with Crippen LogP contribution in [0, 0.1) is 0 Å². The first kappa shape index (κ1) is 7.98. The molecule has 0 bridgehead atoms. The highest BCUT2D eigenvalue weighted by Crippen LogP contribution is 2.12. The summed E-state index contributed by atoms with van der Waals surface area (Å²) < 4.78 is 10.4. The van der Waals surface area contributed by atoms with Gasteiger partial charge >= 0.3 is 0 Å².